The van der Waals surface area contributed by atoms with Crippen LogP contribution in [0.3, 0.4) is 0 Å². The van der Waals surface area contributed by atoms with Crippen LogP contribution in [-0.2, 0) is 27.7 Å². The van der Waals surface area contributed by atoms with Crippen LogP contribution in [0.5, 0.6) is 0 Å². The van der Waals surface area contributed by atoms with Gasteiger partial charge in [-0.2, -0.15) is 5.10 Å². The molecule has 1 aliphatic rings. The topological polar surface area (TPSA) is 52.0 Å². The van der Waals surface area contributed by atoms with E-state index < -0.39 is 15.4 Å². The molecule has 1 aromatic heterocycles. The number of nitrogens with zero attached hydrogens (tertiary/aromatic N) is 2. The molecule has 1 aliphatic heterocycles. The number of aromatic nitrogens is 2. The molecule has 0 spiro atoms. The van der Waals surface area contributed by atoms with Gasteiger partial charge in [-0.25, -0.2) is 13.1 Å². The van der Waals surface area contributed by atoms with E-state index in [9.17, 15) is 8.42 Å². The molecule has 2 rings (SSSR count). The van der Waals surface area contributed by atoms with Gasteiger partial charge in [0.05, 0.1) is 28.6 Å². The van der Waals surface area contributed by atoms with Crippen molar-refractivity contribution < 1.29 is 8.42 Å². The average molecular weight is 339 g/mol. The Morgan fingerprint density at radius 2 is 2.10 bits per heavy atom. The first-order valence-corrected chi connectivity index (χ1v) is 9.45. The smallest absolute Gasteiger partial charge is 0.152 e. The van der Waals surface area contributed by atoms with Crippen LogP contribution >= 0.6 is 23.2 Å². The highest BCUT2D eigenvalue weighted by Crippen LogP contribution is 2.35. The van der Waals surface area contributed by atoms with E-state index in [-0.39, 0.29) is 11.5 Å². The van der Waals surface area contributed by atoms with Gasteiger partial charge < -0.3 is 0 Å². The number of sulfone groups is 1. The van der Waals surface area contributed by atoms with Crippen LogP contribution in [0.4, 0.5) is 0 Å². The van der Waals surface area contributed by atoms with Gasteiger partial charge in [0.1, 0.15) is 5.15 Å². The predicted molar refractivity (Wildman–Crippen MR) is 82.3 cm³/mol. The molecule has 114 valence electrons. The third-order valence-corrected chi connectivity index (χ3v) is 6.28. The van der Waals surface area contributed by atoms with E-state index in [1.54, 1.807) is 4.68 Å². The van der Waals surface area contributed by atoms with Crippen LogP contribution < -0.4 is 0 Å². The highest BCUT2D eigenvalue weighted by Gasteiger charge is 2.42. The van der Waals surface area contributed by atoms with Crippen molar-refractivity contribution in [3.63, 3.8) is 0 Å². The Hall–Kier alpha value is -0.260. The molecule has 2 heterocycles. The summed E-state index contributed by atoms with van der Waals surface area (Å²) in [4.78, 5) is 0. The van der Waals surface area contributed by atoms with Crippen LogP contribution in [0.25, 0.3) is 0 Å². The van der Waals surface area contributed by atoms with E-state index in [0.29, 0.717) is 23.4 Å². The van der Waals surface area contributed by atoms with Gasteiger partial charge in [0.2, 0.25) is 0 Å². The number of alkyl halides is 1. The molecule has 0 amide bonds. The zero-order valence-electron chi connectivity index (χ0n) is 12.0. The van der Waals surface area contributed by atoms with Gasteiger partial charge in [-0.15, -0.1) is 11.6 Å². The second-order valence-electron chi connectivity index (χ2n) is 6.20. The highest BCUT2D eigenvalue weighted by atomic mass is 35.5. The zero-order valence-corrected chi connectivity index (χ0v) is 14.3. The Morgan fingerprint density at radius 3 is 2.55 bits per heavy atom. The lowest BCUT2D eigenvalue weighted by Gasteiger charge is -2.23. The molecular formula is C13H20Cl2N2O2S. The molecule has 1 fully saturated rings. The summed E-state index contributed by atoms with van der Waals surface area (Å²) in [7, 11) is -3.00. The van der Waals surface area contributed by atoms with Crippen LogP contribution in [-0.4, -0.2) is 29.7 Å². The molecule has 4 nitrogen and oxygen atoms in total. The van der Waals surface area contributed by atoms with E-state index in [0.717, 1.165) is 17.7 Å². The second kappa shape index (κ2) is 5.50. The lowest BCUT2D eigenvalue weighted by Crippen LogP contribution is -2.32. The van der Waals surface area contributed by atoms with Gasteiger partial charge in [0.15, 0.2) is 9.84 Å². The summed E-state index contributed by atoms with van der Waals surface area (Å²) >= 11 is 12.4. The number of halogens is 2. The van der Waals surface area contributed by atoms with Crippen molar-refractivity contribution in [2.45, 2.75) is 45.0 Å². The summed E-state index contributed by atoms with van der Waals surface area (Å²) in [6, 6.07) is 0. The lowest BCUT2D eigenvalue weighted by molar-refractivity contribution is 0.326. The first kappa shape index (κ1) is 16.1. The zero-order chi connectivity index (χ0) is 15.1. The first-order chi connectivity index (χ1) is 9.18. The third-order valence-electron chi connectivity index (χ3n) is 3.73. The third kappa shape index (κ3) is 3.00. The van der Waals surface area contributed by atoms with E-state index in [2.05, 4.69) is 18.9 Å². The fraction of sp³-hybridized carbons (Fsp3) is 0.769. The minimum atomic E-state index is -3.00. The van der Waals surface area contributed by atoms with Crippen LogP contribution in [0.2, 0.25) is 5.15 Å². The maximum Gasteiger partial charge on any atom is 0.152 e. The van der Waals surface area contributed by atoms with Gasteiger partial charge in [-0.3, -0.25) is 0 Å². The summed E-state index contributed by atoms with van der Waals surface area (Å²) in [5.41, 5.74) is 1.14. The molecule has 1 atom stereocenters. The summed E-state index contributed by atoms with van der Waals surface area (Å²) in [6.45, 7) is 6.10. The molecule has 7 heteroatoms. The highest BCUT2D eigenvalue weighted by molar-refractivity contribution is 7.91. The van der Waals surface area contributed by atoms with Crippen molar-refractivity contribution in [3.05, 3.63) is 16.4 Å². The van der Waals surface area contributed by atoms with Crippen molar-refractivity contribution in [1.29, 1.82) is 0 Å². The summed E-state index contributed by atoms with van der Waals surface area (Å²) < 4.78 is 25.2. The molecule has 0 N–H and O–H groups in total. The minimum Gasteiger partial charge on any atom is -0.247 e. The lowest BCUT2D eigenvalue weighted by atomic mass is 10.0. The largest absolute Gasteiger partial charge is 0.247 e. The summed E-state index contributed by atoms with van der Waals surface area (Å²) in [5, 5.41) is 5.06. The molecule has 20 heavy (non-hydrogen) atoms. The van der Waals surface area contributed by atoms with E-state index in [1.807, 2.05) is 6.92 Å². The van der Waals surface area contributed by atoms with Gasteiger partial charge >= 0.3 is 0 Å². The second-order valence-corrected chi connectivity index (χ2v) is 9.01. The van der Waals surface area contributed by atoms with Crippen molar-refractivity contribution in [2.75, 3.05) is 11.5 Å². The average Bonchev–Trinajstić information content (AvgIpc) is 2.77. The van der Waals surface area contributed by atoms with Crippen molar-refractivity contribution in [3.8, 4) is 0 Å². The van der Waals surface area contributed by atoms with Crippen LogP contribution in [0, 0.1) is 5.92 Å². The van der Waals surface area contributed by atoms with Gasteiger partial charge in [0.25, 0.3) is 0 Å². The van der Waals surface area contributed by atoms with Crippen molar-refractivity contribution in [2.24, 2.45) is 5.92 Å². The van der Waals surface area contributed by atoms with Crippen molar-refractivity contribution >= 4 is 33.0 Å². The fourth-order valence-electron chi connectivity index (χ4n) is 2.67. The van der Waals surface area contributed by atoms with Gasteiger partial charge in [-0.05, 0) is 25.7 Å². The molecule has 0 aromatic carbocycles. The van der Waals surface area contributed by atoms with E-state index in [4.69, 9.17) is 23.2 Å². The summed E-state index contributed by atoms with van der Waals surface area (Å²) in [6.07, 6.45) is 1.33. The fourth-order valence-corrected chi connectivity index (χ4v) is 5.55. The summed E-state index contributed by atoms with van der Waals surface area (Å²) in [5.74, 6) is 1.01. The molecule has 1 saturated heterocycles. The normalized spacial score (nSPS) is 25.5. The number of rotatable bonds is 4. The van der Waals surface area contributed by atoms with Crippen molar-refractivity contribution in [1.82, 2.24) is 9.78 Å². The first-order valence-electron chi connectivity index (χ1n) is 6.71. The predicted octanol–water partition coefficient (Wildman–Crippen LogP) is 3.01. The SMILES string of the molecule is CC(C)Cc1nn(C2(C)CCS(=O)(=O)C2)c(Cl)c1CCl. The molecule has 0 bridgehead atoms. The number of hydrogen-bond donors (Lipinski definition) is 0. The Kier molecular flexibility index (Phi) is 4.43. The maximum absolute atomic E-state index is 11.8. The Labute approximate surface area is 130 Å². The molecule has 0 radical (unpaired) electrons. The molecule has 0 saturated carbocycles. The Morgan fingerprint density at radius 1 is 1.45 bits per heavy atom. The van der Waals surface area contributed by atoms with Gasteiger partial charge in [0, 0.05) is 5.56 Å². The van der Waals surface area contributed by atoms with Crippen LogP contribution in [0.1, 0.15) is 38.4 Å². The molecule has 1 unspecified atom stereocenters. The van der Waals surface area contributed by atoms with E-state index >= 15 is 0 Å². The molecule has 1 aromatic rings. The van der Waals surface area contributed by atoms with Crippen LogP contribution in [0.15, 0.2) is 0 Å². The monoisotopic (exact) mass is 338 g/mol. The Bertz CT molecular complexity index is 610. The van der Waals surface area contributed by atoms with E-state index in [1.165, 1.54) is 0 Å². The standard InChI is InChI=1S/C13H20Cl2N2O2S/c1-9(2)6-11-10(7-14)12(15)17(16-11)13(3)4-5-20(18,19)8-13/h9H,4-8H2,1-3H3. The molecular weight excluding hydrogens is 319 g/mol. The molecule has 0 aliphatic carbocycles. The minimum absolute atomic E-state index is 0.0875. The number of hydrogen-bond acceptors (Lipinski definition) is 3. The van der Waals surface area contributed by atoms with Gasteiger partial charge in [-0.1, -0.05) is 25.4 Å². The Balaban J connectivity index is 2.45. The quantitative estimate of drug-likeness (QED) is 0.793. The maximum atomic E-state index is 11.8.